The average molecular weight is 312 g/mol. The van der Waals surface area contributed by atoms with E-state index in [1.807, 2.05) is 36.4 Å². The predicted octanol–water partition coefficient (Wildman–Crippen LogP) is 4.09. The Morgan fingerprint density at radius 1 is 1.26 bits per heavy atom. The molecule has 1 fully saturated rings. The summed E-state index contributed by atoms with van der Waals surface area (Å²) in [6.07, 6.45) is 16.7. The number of carbonyl (C=O) groups excluding carboxylic acids is 1. The van der Waals surface area contributed by atoms with Gasteiger partial charge in [0.2, 0.25) is 0 Å². The van der Waals surface area contributed by atoms with Crippen LogP contribution in [-0.4, -0.2) is 27.7 Å². The molecule has 3 rings (SSSR count). The van der Waals surface area contributed by atoms with E-state index in [1.165, 1.54) is 37.7 Å². The lowest BCUT2D eigenvalue weighted by Gasteiger charge is -2.23. The average Bonchev–Trinajstić information content (AvgIpc) is 2.63. The molecule has 4 nitrogen and oxygen atoms in total. The molecule has 0 aromatic carbocycles. The van der Waals surface area contributed by atoms with Crippen molar-refractivity contribution in [1.29, 1.82) is 0 Å². The molecule has 1 aromatic rings. The van der Waals surface area contributed by atoms with E-state index in [0.717, 1.165) is 11.5 Å². The number of allylic oxidation sites excluding steroid dienone is 3. The van der Waals surface area contributed by atoms with E-state index in [0.29, 0.717) is 18.2 Å². The number of hydroxylamine groups is 2. The second-order valence-electron chi connectivity index (χ2n) is 6.51. The van der Waals surface area contributed by atoms with Crippen LogP contribution in [0.4, 0.5) is 0 Å². The molecule has 1 heterocycles. The van der Waals surface area contributed by atoms with Crippen molar-refractivity contribution >= 4 is 5.91 Å². The molecule has 2 aliphatic carbocycles. The zero-order valence-electron chi connectivity index (χ0n) is 13.4. The van der Waals surface area contributed by atoms with Crippen LogP contribution in [0, 0.1) is 5.92 Å². The normalized spacial score (nSPS) is 21.3. The molecule has 1 N–H and O–H groups in total. The highest BCUT2D eigenvalue weighted by Gasteiger charge is 2.21. The molecule has 122 valence electrons. The minimum atomic E-state index is -0.411. The van der Waals surface area contributed by atoms with Crippen LogP contribution in [0.25, 0.3) is 0 Å². The van der Waals surface area contributed by atoms with Gasteiger partial charge in [0.05, 0.1) is 6.54 Å². The summed E-state index contributed by atoms with van der Waals surface area (Å²) >= 11 is 0. The fourth-order valence-electron chi connectivity index (χ4n) is 3.46. The lowest BCUT2D eigenvalue weighted by Crippen LogP contribution is -2.32. The fourth-order valence-corrected chi connectivity index (χ4v) is 3.46. The van der Waals surface area contributed by atoms with Crippen LogP contribution in [0.3, 0.4) is 0 Å². The Kier molecular flexibility index (Phi) is 5.23. The Hall–Kier alpha value is -1.94. The summed E-state index contributed by atoms with van der Waals surface area (Å²) in [5.41, 5.74) is 1.52. The summed E-state index contributed by atoms with van der Waals surface area (Å²) in [6, 6.07) is 3.86. The van der Waals surface area contributed by atoms with Gasteiger partial charge in [0.25, 0.3) is 5.91 Å². The van der Waals surface area contributed by atoms with Crippen LogP contribution < -0.4 is 0 Å². The first kappa shape index (κ1) is 15.9. The van der Waals surface area contributed by atoms with E-state index >= 15 is 0 Å². The van der Waals surface area contributed by atoms with E-state index in [4.69, 9.17) is 0 Å². The number of amides is 1. The molecule has 0 radical (unpaired) electrons. The number of hydrogen-bond donors (Lipinski definition) is 1. The number of rotatable bonds is 4. The van der Waals surface area contributed by atoms with Gasteiger partial charge in [0.1, 0.15) is 5.69 Å². The molecule has 1 saturated carbocycles. The lowest BCUT2D eigenvalue weighted by molar-refractivity contribution is -0.0643. The van der Waals surface area contributed by atoms with E-state index in [9.17, 15) is 10.0 Å². The van der Waals surface area contributed by atoms with Crippen molar-refractivity contribution < 1.29 is 10.0 Å². The van der Waals surface area contributed by atoms with Crippen molar-refractivity contribution in [1.82, 2.24) is 10.0 Å². The molecule has 1 aromatic heterocycles. The van der Waals surface area contributed by atoms with Crippen molar-refractivity contribution in [2.75, 3.05) is 6.54 Å². The minimum Gasteiger partial charge on any atom is -0.286 e. The van der Waals surface area contributed by atoms with Crippen LogP contribution in [0.2, 0.25) is 0 Å². The van der Waals surface area contributed by atoms with Gasteiger partial charge >= 0.3 is 0 Å². The number of carbonyl (C=O) groups is 1. The highest BCUT2D eigenvalue weighted by atomic mass is 16.5. The molecule has 1 unspecified atom stereocenters. The smallest absolute Gasteiger partial charge is 0.286 e. The molecular formula is C19H24N2O2. The van der Waals surface area contributed by atoms with Crippen LogP contribution in [0.1, 0.15) is 60.5 Å². The highest BCUT2D eigenvalue weighted by molar-refractivity contribution is 5.91. The van der Waals surface area contributed by atoms with Gasteiger partial charge in [-0.2, -0.15) is 0 Å². The predicted molar refractivity (Wildman–Crippen MR) is 89.3 cm³/mol. The van der Waals surface area contributed by atoms with Gasteiger partial charge in [-0.3, -0.25) is 15.0 Å². The number of nitrogens with zero attached hydrogens (tertiary/aromatic N) is 2. The SMILES string of the molecule is O=C(c1cc(C2CCCCC2)ccn1)N(O)CC1C=CC=CC1. The molecule has 23 heavy (non-hydrogen) atoms. The van der Waals surface area contributed by atoms with Gasteiger partial charge in [-0.15, -0.1) is 0 Å². The van der Waals surface area contributed by atoms with E-state index < -0.39 is 5.91 Å². The van der Waals surface area contributed by atoms with E-state index in [1.54, 1.807) is 6.20 Å². The summed E-state index contributed by atoms with van der Waals surface area (Å²) < 4.78 is 0. The van der Waals surface area contributed by atoms with Crippen LogP contribution >= 0.6 is 0 Å². The van der Waals surface area contributed by atoms with Gasteiger partial charge in [-0.1, -0.05) is 43.6 Å². The van der Waals surface area contributed by atoms with Crippen molar-refractivity contribution in [2.24, 2.45) is 5.92 Å². The van der Waals surface area contributed by atoms with Crippen LogP contribution in [-0.2, 0) is 0 Å². The topological polar surface area (TPSA) is 53.4 Å². The van der Waals surface area contributed by atoms with Crippen molar-refractivity contribution in [3.63, 3.8) is 0 Å². The standard InChI is InChI=1S/C19H24N2O2/c22-19(21(23)14-15-7-3-1-4-8-15)18-13-17(11-12-20-18)16-9-5-2-6-10-16/h1,3-4,7,11-13,15-16,23H,2,5-6,8-10,14H2. The summed E-state index contributed by atoms with van der Waals surface area (Å²) in [5, 5.41) is 10.9. The summed E-state index contributed by atoms with van der Waals surface area (Å²) in [4.78, 5) is 16.6. The van der Waals surface area contributed by atoms with E-state index in [-0.39, 0.29) is 5.92 Å². The van der Waals surface area contributed by atoms with Gasteiger partial charge in [-0.25, -0.2) is 5.06 Å². The maximum atomic E-state index is 12.4. The van der Waals surface area contributed by atoms with Gasteiger partial charge < -0.3 is 0 Å². The molecule has 0 spiro atoms. The molecule has 0 aliphatic heterocycles. The lowest BCUT2D eigenvalue weighted by atomic mass is 9.84. The fraction of sp³-hybridized carbons (Fsp3) is 0.474. The molecule has 0 bridgehead atoms. The maximum Gasteiger partial charge on any atom is 0.295 e. The zero-order chi connectivity index (χ0) is 16.1. The summed E-state index contributed by atoms with van der Waals surface area (Å²) in [7, 11) is 0. The molecule has 2 aliphatic rings. The van der Waals surface area contributed by atoms with Crippen LogP contribution in [0.5, 0.6) is 0 Å². The Bertz CT molecular complexity index is 603. The number of hydrogen-bond acceptors (Lipinski definition) is 3. The third-order valence-corrected chi connectivity index (χ3v) is 4.79. The number of aromatic nitrogens is 1. The third-order valence-electron chi connectivity index (χ3n) is 4.79. The van der Waals surface area contributed by atoms with Gasteiger partial charge in [0, 0.05) is 12.1 Å². The Morgan fingerprint density at radius 3 is 2.83 bits per heavy atom. The third kappa shape index (κ3) is 4.08. The van der Waals surface area contributed by atoms with Crippen molar-refractivity contribution in [3.8, 4) is 0 Å². The highest BCUT2D eigenvalue weighted by Crippen LogP contribution is 2.32. The first-order valence-corrected chi connectivity index (χ1v) is 8.54. The number of pyridine rings is 1. The van der Waals surface area contributed by atoms with Crippen molar-refractivity contribution in [2.45, 2.75) is 44.4 Å². The summed E-state index contributed by atoms with van der Waals surface area (Å²) in [6.45, 7) is 0.301. The second kappa shape index (κ2) is 7.55. The Morgan fingerprint density at radius 2 is 2.09 bits per heavy atom. The monoisotopic (exact) mass is 312 g/mol. The second-order valence-corrected chi connectivity index (χ2v) is 6.51. The molecule has 4 heteroatoms. The Labute approximate surface area is 137 Å². The van der Waals surface area contributed by atoms with Crippen LogP contribution in [0.15, 0.2) is 42.6 Å². The maximum absolute atomic E-state index is 12.4. The van der Waals surface area contributed by atoms with Crippen molar-refractivity contribution in [3.05, 3.63) is 53.9 Å². The first-order valence-electron chi connectivity index (χ1n) is 8.54. The molecule has 1 atom stereocenters. The van der Waals surface area contributed by atoms with Gasteiger partial charge in [-0.05, 0) is 42.9 Å². The van der Waals surface area contributed by atoms with Gasteiger partial charge in [0.15, 0.2) is 0 Å². The quantitative estimate of drug-likeness (QED) is 0.673. The summed E-state index contributed by atoms with van der Waals surface area (Å²) in [5.74, 6) is 0.276. The van der Waals surface area contributed by atoms with E-state index in [2.05, 4.69) is 4.98 Å². The first-order chi connectivity index (χ1) is 11.2. The molecule has 0 saturated heterocycles. The zero-order valence-corrected chi connectivity index (χ0v) is 13.4. The Balaban J connectivity index is 1.66. The molecular weight excluding hydrogens is 288 g/mol. The molecule has 1 amide bonds. The minimum absolute atomic E-state index is 0.162. The largest absolute Gasteiger partial charge is 0.295 e.